The Bertz CT molecular complexity index is 1180. The van der Waals surface area contributed by atoms with Crippen LogP contribution in [0.3, 0.4) is 0 Å². The maximum Gasteiger partial charge on any atom is 0.341 e. The standard InChI is InChI=1S/C23H17Cl2NO6/c1-31-23(30)16-8-7-14(13-5-3-2-4-6-13)9-19(16)26-22(29)17-10-15(24)11-18(25)21(17)32-12-20(27)28/h2-11H,12H2,1H3,(H,26,29)(H,27,28). The summed E-state index contributed by atoms with van der Waals surface area (Å²) in [5.74, 6) is -2.74. The van der Waals surface area contributed by atoms with Crippen LogP contribution in [-0.4, -0.2) is 36.7 Å². The first-order valence-electron chi connectivity index (χ1n) is 9.23. The lowest BCUT2D eigenvalue weighted by molar-refractivity contribution is -0.139. The highest BCUT2D eigenvalue weighted by atomic mass is 35.5. The second kappa shape index (κ2) is 10.2. The van der Waals surface area contributed by atoms with Gasteiger partial charge in [0.15, 0.2) is 12.4 Å². The highest BCUT2D eigenvalue weighted by Gasteiger charge is 2.21. The van der Waals surface area contributed by atoms with Crippen LogP contribution in [0.2, 0.25) is 10.0 Å². The number of carboxylic acid groups (broad SMARTS) is 1. The molecule has 0 radical (unpaired) electrons. The minimum absolute atomic E-state index is 0.0323. The molecule has 0 heterocycles. The summed E-state index contributed by atoms with van der Waals surface area (Å²) in [6.07, 6.45) is 0. The number of nitrogens with one attached hydrogen (secondary N) is 1. The number of carboxylic acids is 1. The van der Waals surface area contributed by atoms with E-state index in [1.54, 1.807) is 12.1 Å². The number of halogens is 2. The van der Waals surface area contributed by atoms with Gasteiger partial charge in [0.1, 0.15) is 0 Å². The molecule has 1 amide bonds. The zero-order valence-corrected chi connectivity index (χ0v) is 18.2. The molecule has 164 valence electrons. The van der Waals surface area contributed by atoms with Gasteiger partial charge in [-0.15, -0.1) is 0 Å². The molecular formula is C23H17Cl2NO6. The summed E-state index contributed by atoms with van der Waals surface area (Å²) in [6, 6.07) is 16.9. The Hall–Kier alpha value is -3.55. The predicted molar refractivity (Wildman–Crippen MR) is 121 cm³/mol. The van der Waals surface area contributed by atoms with Gasteiger partial charge in [0, 0.05) is 5.02 Å². The zero-order valence-electron chi connectivity index (χ0n) is 16.7. The molecule has 2 N–H and O–H groups in total. The number of carbonyl (C=O) groups is 3. The average molecular weight is 474 g/mol. The van der Waals surface area contributed by atoms with E-state index in [9.17, 15) is 14.4 Å². The Labute approximate surface area is 193 Å². The number of hydrogen-bond acceptors (Lipinski definition) is 5. The molecule has 0 atom stereocenters. The second-order valence-electron chi connectivity index (χ2n) is 6.52. The van der Waals surface area contributed by atoms with E-state index in [0.29, 0.717) is 0 Å². The smallest absolute Gasteiger partial charge is 0.341 e. The van der Waals surface area contributed by atoms with Crippen LogP contribution in [0.1, 0.15) is 20.7 Å². The lowest BCUT2D eigenvalue weighted by Crippen LogP contribution is -2.18. The molecule has 3 aromatic rings. The molecule has 0 unspecified atom stereocenters. The van der Waals surface area contributed by atoms with Crippen LogP contribution in [0, 0.1) is 0 Å². The van der Waals surface area contributed by atoms with Crippen molar-refractivity contribution < 1.29 is 29.0 Å². The van der Waals surface area contributed by atoms with Crippen molar-refractivity contribution in [1.29, 1.82) is 0 Å². The van der Waals surface area contributed by atoms with Crippen molar-refractivity contribution in [2.75, 3.05) is 19.0 Å². The van der Waals surface area contributed by atoms with Gasteiger partial charge in [-0.1, -0.05) is 59.6 Å². The van der Waals surface area contributed by atoms with Crippen molar-refractivity contribution >= 4 is 46.7 Å². The van der Waals surface area contributed by atoms with Gasteiger partial charge in [-0.3, -0.25) is 4.79 Å². The molecule has 0 saturated heterocycles. The van der Waals surface area contributed by atoms with E-state index in [1.807, 2.05) is 30.3 Å². The molecule has 0 aliphatic rings. The topological polar surface area (TPSA) is 102 Å². The van der Waals surface area contributed by atoms with Crippen molar-refractivity contribution in [3.8, 4) is 16.9 Å². The van der Waals surface area contributed by atoms with E-state index in [1.165, 1.54) is 25.3 Å². The van der Waals surface area contributed by atoms with Gasteiger partial charge in [-0.05, 0) is 35.4 Å². The minimum Gasteiger partial charge on any atom is -0.480 e. The largest absolute Gasteiger partial charge is 0.480 e. The minimum atomic E-state index is -1.24. The molecule has 0 spiro atoms. The van der Waals surface area contributed by atoms with Gasteiger partial charge < -0.3 is 19.9 Å². The van der Waals surface area contributed by atoms with Gasteiger partial charge in [-0.25, -0.2) is 9.59 Å². The Balaban J connectivity index is 2.03. The number of carbonyl (C=O) groups excluding carboxylic acids is 2. The SMILES string of the molecule is COC(=O)c1ccc(-c2ccccc2)cc1NC(=O)c1cc(Cl)cc(Cl)c1OCC(=O)O. The first-order chi connectivity index (χ1) is 15.3. The maximum absolute atomic E-state index is 13.1. The zero-order chi connectivity index (χ0) is 23.3. The third-order valence-electron chi connectivity index (χ3n) is 4.37. The Morgan fingerprint density at radius 3 is 2.31 bits per heavy atom. The molecule has 0 aliphatic heterocycles. The van der Waals surface area contributed by atoms with E-state index in [-0.39, 0.29) is 32.6 Å². The monoisotopic (exact) mass is 473 g/mol. The van der Waals surface area contributed by atoms with Crippen molar-refractivity contribution in [2.24, 2.45) is 0 Å². The maximum atomic E-state index is 13.1. The lowest BCUT2D eigenvalue weighted by Gasteiger charge is -2.15. The van der Waals surface area contributed by atoms with Crippen LogP contribution < -0.4 is 10.1 Å². The van der Waals surface area contributed by atoms with Gasteiger partial charge in [0.2, 0.25) is 0 Å². The number of benzene rings is 3. The van der Waals surface area contributed by atoms with Crippen molar-refractivity contribution in [3.63, 3.8) is 0 Å². The van der Waals surface area contributed by atoms with Crippen LogP contribution in [0.4, 0.5) is 5.69 Å². The summed E-state index contributed by atoms with van der Waals surface area (Å²) in [4.78, 5) is 36.2. The van der Waals surface area contributed by atoms with Gasteiger partial charge >= 0.3 is 11.9 Å². The van der Waals surface area contributed by atoms with Gasteiger partial charge in [0.05, 0.1) is 28.9 Å². The van der Waals surface area contributed by atoms with E-state index < -0.39 is 24.5 Å². The Kier molecular flexibility index (Phi) is 7.35. The van der Waals surface area contributed by atoms with E-state index >= 15 is 0 Å². The average Bonchev–Trinajstić information content (AvgIpc) is 2.77. The number of ether oxygens (including phenoxy) is 2. The van der Waals surface area contributed by atoms with Crippen molar-refractivity contribution in [2.45, 2.75) is 0 Å². The van der Waals surface area contributed by atoms with Crippen LogP contribution in [-0.2, 0) is 9.53 Å². The van der Waals surface area contributed by atoms with Crippen LogP contribution >= 0.6 is 23.2 Å². The third-order valence-corrected chi connectivity index (χ3v) is 4.87. The summed E-state index contributed by atoms with van der Waals surface area (Å²) < 4.78 is 10.0. The highest BCUT2D eigenvalue weighted by Crippen LogP contribution is 2.34. The molecule has 7 nitrogen and oxygen atoms in total. The molecule has 0 aliphatic carbocycles. The number of amides is 1. The summed E-state index contributed by atoms with van der Waals surface area (Å²) in [5, 5.41) is 11.7. The molecule has 9 heteroatoms. The predicted octanol–water partition coefficient (Wildman–Crippen LogP) is 5.16. The number of hydrogen-bond donors (Lipinski definition) is 2. The van der Waals surface area contributed by atoms with Crippen LogP contribution in [0.15, 0.2) is 60.7 Å². The Morgan fingerprint density at radius 2 is 1.66 bits per heavy atom. The fourth-order valence-electron chi connectivity index (χ4n) is 2.95. The van der Waals surface area contributed by atoms with E-state index in [4.69, 9.17) is 37.8 Å². The normalized spacial score (nSPS) is 10.3. The lowest BCUT2D eigenvalue weighted by atomic mass is 10.0. The summed E-state index contributed by atoms with van der Waals surface area (Å²) in [7, 11) is 1.23. The van der Waals surface area contributed by atoms with Gasteiger partial charge in [0.25, 0.3) is 5.91 Å². The number of methoxy groups -OCH3 is 1. The molecule has 3 rings (SSSR count). The van der Waals surface area contributed by atoms with Crippen LogP contribution in [0.25, 0.3) is 11.1 Å². The van der Waals surface area contributed by atoms with Gasteiger partial charge in [-0.2, -0.15) is 0 Å². The molecule has 0 saturated carbocycles. The molecule has 0 bridgehead atoms. The summed E-state index contributed by atoms with van der Waals surface area (Å²) in [5.41, 5.74) is 1.84. The van der Waals surface area contributed by atoms with Crippen molar-refractivity contribution in [3.05, 3.63) is 81.8 Å². The molecule has 3 aromatic carbocycles. The molecule has 32 heavy (non-hydrogen) atoms. The summed E-state index contributed by atoms with van der Waals surface area (Å²) >= 11 is 12.1. The fraction of sp³-hybridized carbons (Fsp3) is 0.0870. The molecule has 0 fully saturated rings. The molecule has 0 aromatic heterocycles. The van der Waals surface area contributed by atoms with Crippen LogP contribution in [0.5, 0.6) is 5.75 Å². The number of aliphatic carboxylic acids is 1. The van der Waals surface area contributed by atoms with Crippen molar-refractivity contribution in [1.82, 2.24) is 0 Å². The fourth-order valence-corrected chi connectivity index (χ4v) is 3.49. The third kappa shape index (κ3) is 5.38. The van der Waals surface area contributed by atoms with E-state index in [0.717, 1.165) is 11.1 Å². The number of esters is 1. The molecular weight excluding hydrogens is 457 g/mol. The Morgan fingerprint density at radius 1 is 0.938 bits per heavy atom. The number of anilines is 1. The second-order valence-corrected chi connectivity index (χ2v) is 7.36. The highest BCUT2D eigenvalue weighted by molar-refractivity contribution is 6.36. The first-order valence-corrected chi connectivity index (χ1v) is 9.98. The number of rotatable bonds is 7. The summed E-state index contributed by atoms with van der Waals surface area (Å²) in [6.45, 7) is -0.710. The quantitative estimate of drug-likeness (QED) is 0.459. The van der Waals surface area contributed by atoms with E-state index in [2.05, 4.69) is 5.32 Å². The first kappa shape index (κ1) is 23.1.